The van der Waals surface area contributed by atoms with Crippen LogP contribution in [0.3, 0.4) is 0 Å². The first-order chi connectivity index (χ1) is 14.5. The summed E-state index contributed by atoms with van der Waals surface area (Å²) in [4.78, 5) is 32.1. The smallest absolute Gasteiger partial charge is 0.317 e. The molecule has 0 saturated carbocycles. The SMILES string of the molecule is CCCN1C[C@@H](NC(=O)N(CC)CC)C[C@@H]2c3cc(Br)cc4[nH]c(C=O)c(c34)C[C@H]21. The number of likely N-dealkylation sites (tertiary alicyclic amines) is 1. The molecule has 0 spiro atoms. The number of carbonyl (C=O) groups excluding carboxylic acids is 2. The van der Waals surface area contributed by atoms with Crippen molar-refractivity contribution in [1.82, 2.24) is 20.1 Å². The van der Waals surface area contributed by atoms with Crippen molar-refractivity contribution in [3.05, 3.63) is 33.4 Å². The van der Waals surface area contributed by atoms with E-state index in [1.54, 1.807) is 0 Å². The third kappa shape index (κ3) is 3.66. The van der Waals surface area contributed by atoms with E-state index in [1.165, 1.54) is 10.9 Å². The normalized spacial score (nSPS) is 23.3. The molecule has 162 valence electrons. The molecule has 0 bridgehead atoms. The van der Waals surface area contributed by atoms with Crippen LogP contribution in [0.25, 0.3) is 10.9 Å². The summed E-state index contributed by atoms with van der Waals surface area (Å²) >= 11 is 3.66. The second kappa shape index (κ2) is 8.71. The summed E-state index contributed by atoms with van der Waals surface area (Å²) in [5, 5.41) is 4.50. The highest BCUT2D eigenvalue weighted by Gasteiger charge is 2.42. The maximum atomic E-state index is 12.7. The van der Waals surface area contributed by atoms with Gasteiger partial charge in [0.1, 0.15) is 0 Å². The third-order valence-corrected chi connectivity index (χ3v) is 7.23. The van der Waals surface area contributed by atoms with Crippen molar-refractivity contribution in [2.24, 2.45) is 0 Å². The Balaban J connectivity index is 1.71. The van der Waals surface area contributed by atoms with E-state index in [0.717, 1.165) is 54.2 Å². The average Bonchev–Trinajstić information content (AvgIpc) is 3.07. The standard InChI is InChI=1S/C23H31BrN4O2/c1-4-7-28-12-15(25-23(30)27(5-2)6-3)10-16-17-8-14(24)9-19-22(17)18(11-21(16)28)20(13-29)26-19/h8-9,13,15-16,21,26H,4-7,10-12H2,1-3H3,(H,25,30)/t15-,16+,21+/m0/s1. The zero-order valence-corrected chi connectivity index (χ0v) is 19.6. The van der Waals surface area contributed by atoms with Gasteiger partial charge in [-0.25, -0.2) is 4.79 Å². The highest BCUT2D eigenvalue weighted by atomic mass is 79.9. The van der Waals surface area contributed by atoms with Gasteiger partial charge >= 0.3 is 6.03 Å². The van der Waals surface area contributed by atoms with Crippen LogP contribution < -0.4 is 5.32 Å². The Labute approximate surface area is 186 Å². The van der Waals surface area contributed by atoms with Gasteiger partial charge in [-0.3, -0.25) is 9.69 Å². The lowest BCUT2D eigenvalue weighted by molar-refractivity contribution is 0.0973. The molecule has 2 N–H and O–H groups in total. The molecular weight excluding hydrogens is 444 g/mol. The van der Waals surface area contributed by atoms with Gasteiger partial charge in [-0.2, -0.15) is 0 Å². The number of benzene rings is 1. The van der Waals surface area contributed by atoms with Crippen LogP contribution in [-0.2, 0) is 6.42 Å². The molecule has 2 amide bonds. The molecule has 7 heteroatoms. The number of carbonyl (C=O) groups is 2. The predicted molar refractivity (Wildman–Crippen MR) is 123 cm³/mol. The van der Waals surface area contributed by atoms with E-state index < -0.39 is 0 Å². The van der Waals surface area contributed by atoms with Crippen molar-refractivity contribution < 1.29 is 9.59 Å². The van der Waals surface area contributed by atoms with Gasteiger partial charge in [-0.15, -0.1) is 0 Å². The van der Waals surface area contributed by atoms with Crippen LogP contribution in [-0.4, -0.2) is 65.4 Å². The Morgan fingerprint density at radius 2 is 2.10 bits per heavy atom. The van der Waals surface area contributed by atoms with Gasteiger partial charge in [0.25, 0.3) is 0 Å². The maximum absolute atomic E-state index is 12.7. The Kier molecular flexibility index (Phi) is 6.21. The second-order valence-corrected chi connectivity index (χ2v) is 9.40. The van der Waals surface area contributed by atoms with E-state index >= 15 is 0 Å². The number of hydrogen-bond acceptors (Lipinski definition) is 3. The summed E-state index contributed by atoms with van der Waals surface area (Å²) in [6.45, 7) is 9.51. The summed E-state index contributed by atoms with van der Waals surface area (Å²) in [6.07, 6.45) is 3.82. The average molecular weight is 475 g/mol. The molecule has 0 radical (unpaired) electrons. The van der Waals surface area contributed by atoms with Crippen molar-refractivity contribution in [2.45, 2.75) is 58.0 Å². The summed E-state index contributed by atoms with van der Waals surface area (Å²) in [6, 6.07) is 4.77. The third-order valence-electron chi connectivity index (χ3n) is 6.78. The number of H-pyrrole nitrogens is 1. The van der Waals surface area contributed by atoms with Crippen LogP contribution in [0.5, 0.6) is 0 Å². The van der Waals surface area contributed by atoms with E-state index in [0.29, 0.717) is 30.7 Å². The largest absolute Gasteiger partial charge is 0.352 e. The van der Waals surface area contributed by atoms with E-state index in [4.69, 9.17) is 0 Å². The summed E-state index contributed by atoms with van der Waals surface area (Å²) in [5.74, 6) is 0.329. The number of piperidine rings is 1. The highest BCUT2D eigenvalue weighted by molar-refractivity contribution is 9.10. The van der Waals surface area contributed by atoms with Crippen molar-refractivity contribution in [3.63, 3.8) is 0 Å². The number of aldehydes is 1. The fraction of sp³-hybridized carbons (Fsp3) is 0.565. The minimum Gasteiger partial charge on any atom is -0.352 e. The topological polar surface area (TPSA) is 68.4 Å². The quantitative estimate of drug-likeness (QED) is 0.613. The molecule has 1 saturated heterocycles. The molecule has 2 aliphatic rings. The van der Waals surface area contributed by atoms with E-state index in [2.05, 4.69) is 50.2 Å². The first kappa shape index (κ1) is 21.4. The molecule has 2 aromatic rings. The van der Waals surface area contributed by atoms with Crippen LogP contribution in [0, 0.1) is 0 Å². The number of amides is 2. The lowest BCUT2D eigenvalue weighted by Crippen LogP contribution is -2.58. The highest BCUT2D eigenvalue weighted by Crippen LogP contribution is 2.45. The maximum Gasteiger partial charge on any atom is 0.317 e. The van der Waals surface area contributed by atoms with E-state index in [-0.39, 0.29) is 12.1 Å². The lowest BCUT2D eigenvalue weighted by atomic mass is 9.73. The van der Waals surface area contributed by atoms with Crippen LogP contribution in [0.4, 0.5) is 4.79 Å². The summed E-state index contributed by atoms with van der Waals surface area (Å²) in [7, 11) is 0. The fourth-order valence-electron chi connectivity index (χ4n) is 5.48. The number of aromatic amines is 1. The first-order valence-corrected chi connectivity index (χ1v) is 11.9. The lowest BCUT2D eigenvalue weighted by Gasteiger charge is -2.47. The minimum atomic E-state index is 0.0284. The van der Waals surface area contributed by atoms with Crippen molar-refractivity contribution in [2.75, 3.05) is 26.2 Å². The van der Waals surface area contributed by atoms with Crippen LogP contribution >= 0.6 is 15.9 Å². The molecule has 1 aromatic heterocycles. The number of fused-ring (bicyclic) bond motifs is 2. The minimum absolute atomic E-state index is 0.0284. The monoisotopic (exact) mass is 474 g/mol. The number of aromatic nitrogens is 1. The van der Waals surface area contributed by atoms with E-state index in [1.807, 2.05) is 18.7 Å². The Hall–Kier alpha value is -1.86. The molecule has 1 aromatic carbocycles. The molecule has 6 nitrogen and oxygen atoms in total. The molecule has 0 unspecified atom stereocenters. The zero-order valence-electron chi connectivity index (χ0n) is 18.0. The van der Waals surface area contributed by atoms with Gasteiger partial charge in [-0.05, 0) is 62.9 Å². The first-order valence-electron chi connectivity index (χ1n) is 11.1. The molecule has 1 aliphatic heterocycles. The molecule has 2 heterocycles. The zero-order chi connectivity index (χ0) is 21.4. The summed E-state index contributed by atoms with van der Waals surface area (Å²) < 4.78 is 1.02. The number of rotatable bonds is 6. The van der Waals surface area contributed by atoms with Crippen molar-refractivity contribution in [3.8, 4) is 0 Å². The van der Waals surface area contributed by atoms with Gasteiger partial charge in [-0.1, -0.05) is 22.9 Å². The fourth-order valence-corrected chi connectivity index (χ4v) is 5.95. The Morgan fingerprint density at radius 1 is 1.33 bits per heavy atom. The van der Waals surface area contributed by atoms with Gasteiger partial charge in [0.15, 0.2) is 6.29 Å². The predicted octanol–water partition coefficient (Wildman–Crippen LogP) is 4.29. The number of urea groups is 1. The molecular formula is C23H31BrN4O2. The number of halogens is 1. The van der Waals surface area contributed by atoms with Crippen LogP contribution in [0.2, 0.25) is 0 Å². The van der Waals surface area contributed by atoms with Crippen LogP contribution in [0.1, 0.15) is 61.1 Å². The molecule has 3 atom stereocenters. The molecule has 4 rings (SSSR count). The van der Waals surface area contributed by atoms with Crippen molar-refractivity contribution >= 4 is 39.2 Å². The second-order valence-electron chi connectivity index (χ2n) is 8.48. The number of nitrogens with one attached hydrogen (secondary N) is 2. The molecule has 30 heavy (non-hydrogen) atoms. The van der Waals surface area contributed by atoms with Crippen molar-refractivity contribution in [1.29, 1.82) is 0 Å². The van der Waals surface area contributed by atoms with Crippen LogP contribution in [0.15, 0.2) is 16.6 Å². The molecule has 1 fully saturated rings. The van der Waals surface area contributed by atoms with Gasteiger partial charge in [0.05, 0.1) is 5.69 Å². The van der Waals surface area contributed by atoms with E-state index in [9.17, 15) is 9.59 Å². The Morgan fingerprint density at radius 3 is 2.77 bits per heavy atom. The molecule has 1 aliphatic carbocycles. The van der Waals surface area contributed by atoms with Gasteiger partial charge in [0, 0.05) is 53.0 Å². The number of hydrogen-bond donors (Lipinski definition) is 2. The summed E-state index contributed by atoms with van der Waals surface area (Å²) in [5.41, 5.74) is 4.16. The van der Waals surface area contributed by atoms with Gasteiger partial charge < -0.3 is 15.2 Å². The number of nitrogens with zero attached hydrogens (tertiary/aromatic N) is 2. The van der Waals surface area contributed by atoms with Gasteiger partial charge in [0.2, 0.25) is 0 Å². The Bertz CT molecular complexity index is 952.